The van der Waals surface area contributed by atoms with Gasteiger partial charge in [-0.15, -0.1) is 0 Å². The van der Waals surface area contributed by atoms with Crippen LogP contribution in [0.25, 0.3) is 22.4 Å². The molecular formula is C22H26N4O4. The molecule has 0 aliphatic carbocycles. The van der Waals surface area contributed by atoms with Gasteiger partial charge in [0.05, 0.1) is 38.8 Å². The fraction of sp³-hybridized carbons (Fsp3) is 0.409. The van der Waals surface area contributed by atoms with Gasteiger partial charge in [-0.25, -0.2) is 9.97 Å². The average Bonchev–Trinajstić information content (AvgIpc) is 3.21. The number of piperidine rings is 1. The SMILES string of the molecule is COc1cc(-c2cnc3[nH]cc(C(=O)C4(C)CCNCC4)c3n2)cc(OC)c1OC. The van der Waals surface area contributed by atoms with Gasteiger partial charge in [0.25, 0.3) is 0 Å². The molecule has 8 nitrogen and oxygen atoms in total. The molecule has 0 atom stereocenters. The van der Waals surface area contributed by atoms with Crippen LogP contribution in [0.2, 0.25) is 0 Å². The number of ketones is 1. The smallest absolute Gasteiger partial charge is 0.203 e. The van der Waals surface area contributed by atoms with Crippen LogP contribution in [0.3, 0.4) is 0 Å². The summed E-state index contributed by atoms with van der Waals surface area (Å²) < 4.78 is 16.3. The monoisotopic (exact) mass is 410 g/mol. The van der Waals surface area contributed by atoms with E-state index < -0.39 is 5.41 Å². The number of nitrogens with zero attached hydrogens (tertiary/aromatic N) is 2. The molecule has 0 spiro atoms. The lowest BCUT2D eigenvalue weighted by molar-refractivity contribution is 0.0764. The number of methoxy groups -OCH3 is 3. The van der Waals surface area contributed by atoms with Crippen LogP contribution in [0.15, 0.2) is 24.5 Å². The molecule has 1 aromatic carbocycles. The average molecular weight is 410 g/mol. The Labute approximate surface area is 175 Å². The second-order valence-electron chi connectivity index (χ2n) is 7.71. The Hall–Kier alpha value is -3.13. The van der Waals surface area contributed by atoms with Crippen molar-refractivity contribution in [1.82, 2.24) is 20.3 Å². The third-order valence-corrected chi connectivity index (χ3v) is 5.84. The fourth-order valence-corrected chi connectivity index (χ4v) is 3.96. The molecular weight excluding hydrogens is 384 g/mol. The highest BCUT2D eigenvalue weighted by Crippen LogP contribution is 2.41. The molecule has 1 aliphatic heterocycles. The Kier molecular flexibility index (Phi) is 5.34. The highest BCUT2D eigenvalue weighted by atomic mass is 16.5. The fourth-order valence-electron chi connectivity index (χ4n) is 3.96. The number of benzene rings is 1. The minimum absolute atomic E-state index is 0.103. The molecule has 0 amide bonds. The van der Waals surface area contributed by atoms with E-state index >= 15 is 0 Å². The van der Waals surface area contributed by atoms with Gasteiger partial charge in [-0.05, 0) is 38.1 Å². The van der Waals surface area contributed by atoms with Gasteiger partial charge in [-0.2, -0.15) is 0 Å². The molecule has 2 aromatic heterocycles. The number of rotatable bonds is 6. The summed E-state index contributed by atoms with van der Waals surface area (Å²) in [5, 5.41) is 3.32. The van der Waals surface area contributed by atoms with E-state index in [0.717, 1.165) is 31.5 Å². The zero-order chi connectivity index (χ0) is 21.3. The molecule has 8 heteroatoms. The van der Waals surface area contributed by atoms with Gasteiger partial charge in [0.2, 0.25) is 5.75 Å². The van der Waals surface area contributed by atoms with Crippen molar-refractivity contribution in [1.29, 1.82) is 0 Å². The van der Waals surface area contributed by atoms with Crippen molar-refractivity contribution in [2.45, 2.75) is 19.8 Å². The number of carbonyl (C=O) groups excluding carboxylic acids is 1. The third-order valence-electron chi connectivity index (χ3n) is 5.84. The number of ether oxygens (including phenoxy) is 3. The van der Waals surface area contributed by atoms with Crippen LogP contribution < -0.4 is 19.5 Å². The maximum absolute atomic E-state index is 13.4. The van der Waals surface area contributed by atoms with E-state index in [-0.39, 0.29) is 5.78 Å². The quantitative estimate of drug-likeness (QED) is 0.602. The van der Waals surface area contributed by atoms with Crippen LogP contribution in [-0.2, 0) is 0 Å². The van der Waals surface area contributed by atoms with Gasteiger partial charge in [-0.1, -0.05) is 6.92 Å². The first-order valence-electron chi connectivity index (χ1n) is 9.91. The van der Waals surface area contributed by atoms with Crippen LogP contribution in [0.5, 0.6) is 17.2 Å². The molecule has 0 unspecified atom stereocenters. The van der Waals surface area contributed by atoms with E-state index in [2.05, 4.69) is 15.3 Å². The Morgan fingerprint density at radius 2 is 1.73 bits per heavy atom. The number of Topliss-reactive ketones (excluding diaryl/α,β-unsaturated/α-hetero) is 1. The van der Waals surface area contributed by atoms with E-state index in [4.69, 9.17) is 19.2 Å². The lowest BCUT2D eigenvalue weighted by Gasteiger charge is -2.32. The lowest BCUT2D eigenvalue weighted by atomic mass is 9.75. The number of hydrogen-bond donors (Lipinski definition) is 2. The first-order chi connectivity index (χ1) is 14.5. The first kappa shape index (κ1) is 20.2. The molecule has 30 heavy (non-hydrogen) atoms. The van der Waals surface area contributed by atoms with Gasteiger partial charge in [0, 0.05) is 17.2 Å². The Bertz CT molecular complexity index is 1060. The van der Waals surface area contributed by atoms with E-state index in [0.29, 0.717) is 39.7 Å². The summed E-state index contributed by atoms with van der Waals surface area (Å²) in [5.74, 6) is 1.67. The number of fused-ring (bicyclic) bond motifs is 1. The minimum atomic E-state index is -0.398. The van der Waals surface area contributed by atoms with Crippen LogP contribution in [-0.4, -0.2) is 55.2 Å². The summed E-state index contributed by atoms with van der Waals surface area (Å²) in [7, 11) is 4.70. The van der Waals surface area contributed by atoms with Gasteiger partial charge in [0.15, 0.2) is 22.9 Å². The molecule has 1 fully saturated rings. The van der Waals surface area contributed by atoms with Crippen LogP contribution >= 0.6 is 0 Å². The van der Waals surface area contributed by atoms with Crippen molar-refractivity contribution in [3.8, 4) is 28.5 Å². The lowest BCUT2D eigenvalue weighted by Crippen LogP contribution is -2.40. The number of H-pyrrole nitrogens is 1. The Balaban J connectivity index is 1.79. The molecule has 1 saturated heterocycles. The maximum Gasteiger partial charge on any atom is 0.203 e. The number of aromatic amines is 1. The molecule has 0 bridgehead atoms. The molecule has 3 aromatic rings. The summed E-state index contributed by atoms with van der Waals surface area (Å²) in [6.45, 7) is 3.71. The number of carbonyl (C=O) groups is 1. The van der Waals surface area contributed by atoms with Crippen molar-refractivity contribution < 1.29 is 19.0 Å². The van der Waals surface area contributed by atoms with Crippen LogP contribution in [0.4, 0.5) is 0 Å². The second kappa shape index (κ2) is 7.95. The summed E-state index contributed by atoms with van der Waals surface area (Å²) >= 11 is 0. The van der Waals surface area contributed by atoms with Crippen molar-refractivity contribution in [2.24, 2.45) is 5.41 Å². The van der Waals surface area contributed by atoms with E-state index in [1.165, 1.54) is 0 Å². The van der Waals surface area contributed by atoms with E-state index in [1.54, 1.807) is 33.7 Å². The van der Waals surface area contributed by atoms with Crippen molar-refractivity contribution in [3.05, 3.63) is 30.1 Å². The van der Waals surface area contributed by atoms with Gasteiger partial charge in [0.1, 0.15) is 5.52 Å². The third kappa shape index (κ3) is 3.37. The molecule has 0 radical (unpaired) electrons. The first-order valence-corrected chi connectivity index (χ1v) is 9.91. The molecule has 4 rings (SSSR count). The topological polar surface area (TPSA) is 98.4 Å². The zero-order valence-electron chi connectivity index (χ0n) is 17.7. The number of hydrogen-bond acceptors (Lipinski definition) is 7. The number of aromatic nitrogens is 3. The largest absolute Gasteiger partial charge is 0.493 e. The maximum atomic E-state index is 13.4. The van der Waals surface area contributed by atoms with Gasteiger partial charge < -0.3 is 24.5 Å². The van der Waals surface area contributed by atoms with Crippen molar-refractivity contribution >= 4 is 16.9 Å². The number of nitrogens with one attached hydrogen (secondary N) is 2. The van der Waals surface area contributed by atoms with Gasteiger partial charge in [-0.3, -0.25) is 4.79 Å². The van der Waals surface area contributed by atoms with E-state index in [1.807, 2.05) is 19.1 Å². The Morgan fingerprint density at radius 1 is 1.07 bits per heavy atom. The highest BCUT2D eigenvalue weighted by molar-refractivity contribution is 6.08. The van der Waals surface area contributed by atoms with Gasteiger partial charge >= 0.3 is 0 Å². The molecule has 1 aliphatic rings. The zero-order valence-corrected chi connectivity index (χ0v) is 17.7. The summed E-state index contributed by atoms with van der Waals surface area (Å²) in [5.41, 5.74) is 2.72. The summed E-state index contributed by atoms with van der Waals surface area (Å²) in [6.07, 6.45) is 5.00. The molecule has 2 N–H and O–H groups in total. The summed E-state index contributed by atoms with van der Waals surface area (Å²) in [4.78, 5) is 25.7. The van der Waals surface area contributed by atoms with Crippen LogP contribution in [0, 0.1) is 5.41 Å². The second-order valence-corrected chi connectivity index (χ2v) is 7.71. The summed E-state index contributed by atoms with van der Waals surface area (Å²) in [6, 6.07) is 3.64. The minimum Gasteiger partial charge on any atom is -0.493 e. The molecule has 158 valence electrons. The van der Waals surface area contributed by atoms with Crippen molar-refractivity contribution in [2.75, 3.05) is 34.4 Å². The van der Waals surface area contributed by atoms with Crippen molar-refractivity contribution in [3.63, 3.8) is 0 Å². The highest BCUT2D eigenvalue weighted by Gasteiger charge is 2.36. The molecule has 3 heterocycles. The predicted octanol–water partition coefficient (Wildman–Crippen LogP) is 3.22. The molecule has 0 saturated carbocycles. The van der Waals surface area contributed by atoms with E-state index in [9.17, 15) is 4.79 Å². The van der Waals surface area contributed by atoms with Crippen LogP contribution in [0.1, 0.15) is 30.1 Å². The predicted molar refractivity (Wildman–Crippen MR) is 114 cm³/mol. The Morgan fingerprint density at radius 3 is 2.33 bits per heavy atom. The standard InChI is InChI=1S/C22H26N4O4/c1-22(5-7-23-8-6-22)20(27)14-11-24-21-18(14)26-15(12-25-21)13-9-16(28-2)19(30-4)17(10-13)29-3/h9-12,23H,5-8H2,1-4H3,(H,24,25). The normalized spacial score (nSPS) is 15.7.